The minimum Gasteiger partial charge on any atom is -0.379 e. The summed E-state index contributed by atoms with van der Waals surface area (Å²) in [6.45, 7) is 0. The molecule has 0 aliphatic heterocycles. The van der Waals surface area contributed by atoms with Crippen molar-refractivity contribution in [2.45, 2.75) is 12.3 Å². The number of alkyl halides is 3. The fraction of sp³-hybridized carbons (Fsp3) is 0.250. The van der Waals surface area contributed by atoms with E-state index in [4.69, 9.17) is 5.11 Å². The van der Waals surface area contributed by atoms with E-state index in [9.17, 15) is 22.0 Å². The second-order valence-corrected chi connectivity index (χ2v) is 3.56. The summed E-state index contributed by atoms with van der Waals surface area (Å²) in [6, 6.07) is 1.56. The first-order chi connectivity index (χ1) is 6.75. The molecule has 1 N–H and O–H groups in total. The SMILES string of the molecule is OC(c1ccc(Br)c(F)c1F)C(F)(F)F. The molecule has 0 fully saturated rings. The van der Waals surface area contributed by atoms with Gasteiger partial charge in [0.25, 0.3) is 0 Å². The maximum atomic E-state index is 13.0. The van der Waals surface area contributed by atoms with Crippen LogP contribution in [0.4, 0.5) is 22.0 Å². The molecular formula is C8H4BrF5O. The first-order valence-corrected chi connectivity index (χ1v) is 4.42. The Morgan fingerprint density at radius 1 is 1.13 bits per heavy atom. The molecule has 1 atom stereocenters. The molecule has 0 aliphatic carbocycles. The smallest absolute Gasteiger partial charge is 0.379 e. The zero-order valence-corrected chi connectivity index (χ0v) is 8.53. The molecule has 1 aromatic rings. The molecule has 7 heteroatoms. The van der Waals surface area contributed by atoms with E-state index in [1.165, 1.54) is 0 Å². The van der Waals surface area contributed by atoms with E-state index in [2.05, 4.69) is 15.9 Å². The lowest BCUT2D eigenvalue weighted by Crippen LogP contribution is -2.21. The van der Waals surface area contributed by atoms with Gasteiger partial charge in [-0.05, 0) is 22.0 Å². The molecule has 1 nitrogen and oxygen atoms in total. The molecule has 1 rings (SSSR count). The molecule has 0 saturated carbocycles. The maximum Gasteiger partial charge on any atom is 0.418 e. The zero-order chi connectivity index (χ0) is 11.8. The van der Waals surface area contributed by atoms with Gasteiger partial charge < -0.3 is 5.11 Å². The van der Waals surface area contributed by atoms with Gasteiger partial charge >= 0.3 is 6.18 Å². The van der Waals surface area contributed by atoms with Crippen LogP contribution in [0.5, 0.6) is 0 Å². The minimum atomic E-state index is -5.03. The van der Waals surface area contributed by atoms with Gasteiger partial charge in [0, 0.05) is 5.56 Å². The maximum absolute atomic E-state index is 13.0. The van der Waals surface area contributed by atoms with Gasteiger partial charge in [0.2, 0.25) is 0 Å². The summed E-state index contributed by atoms with van der Waals surface area (Å²) in [6.07, 6.45) is -8.05. The van der Waals surface area contributed by atoms with Gasteiger partial charge in [-0.1, -0.05) is 6.07 Å². The van der Waals surface area contributed by atoms with Crippen molar-refractivity contribution in [1.29, 1.82) is 0 Å². The van der Waals surface area contributed by atoms with E-state index in [0.717, 1.165) is 6.07 Å². The summed E-state index contributed by atoms with van der Waals surface area (Å²) in [5, 5.41) is 8.71. The highest BCUT2D eigenvalue weighted by atomic mass is 79.9. The third-order valence-corrected chi connectivity index (χ3v) is 2.28. The van der Waals surface area contributed by atoms with Crippen LogP contribution in [0.3, 0.4) is 0 Å². The van der Waals surface area contributed by atoms with Gasteiger partial charge in [-0.25, -0.2) is 8.78 Å². The monoisotopic (exact) mass is 290 g/mol. The lowest BCUT2D eigenvalue weighted by Gasteiger charge is -2.15. The highest BCUT2D eigenvalue weighted by Gasteiger charge is 2.41. The van der Waals surface area contributed by atoms with E-state index in [-0.39, 0.29) is 4.47 Å². The number of rotatable bonds is 1. The Bertz CT molecular complexity index is 376. The molecule has 0 aliphatic rings. The van der Waals surface area contributed by atoms with Crippen molar-refractivity contribution < 1.29 is 27.1 Å². The van der Waals surface area contributed by atoms with Crippen molar-refractivity contribution in [3.63, 3.8) is 0 Å². The van der Waals surface area contributed by atoms with Crippen LogP contribution in [0.1, 0.15) is 11.7 Å². The average Bonchev–Trinajstić information content (AvgIpc) is 2.12. The summed E-state index contributed by atoms with van der Waals surface area (Å²) in [7, 11) is 0. The van der Waals surface area contributed by atoms with E-state index in [1.807, 2.05) is 0 Å². The fourth-order valence-electron chi connectivity index (χ4n) is 0.928. The molecule has 84 valence electrons. The van der Waals surface area contributed by atoms with Crippen molar-refractivity contribution in [2.75, 3.05) is 0 Å². The van der Waals surface area contributed by atoms with Gasteiger partial charge in [0.1, 0.15) is 0 Å². The largest absolute Gasteiger partial charge is 0.418 e. The van der Waals surface area contributed by atoms with Crippen molar-refractivity contribution in [1.82, 2.24) is 0 Å². The molecule has 0 saturated heterocycles. The van der Waals surface area contributed by atoms with Crippen molar-refractivity contribution in [2.24, 2.45) is 0 Å². The normalized spacial score (nSPS) is 14.1. The van der Waals surface area contributed by atoms with Gasteiger partial charge in [-0.2, -0.15) is 13.2 Å². The summed E-state index contributed by atoms with van der Waals surface area (Å²) in [5.41, 5.74) is -1.14. The molecule has 15 heavy (non-hydrogen) atoms. The average molecular weight is 291 g/mol. The summed E-state index contributed by atoms with van der Waals surface area (Å²) >= 11 is 2.60. The zero-order valence-electron chi connectivity index (χ0n) is 6.95. The summed E-state index contributed by atoms with van der Waals surface area (Å²) in [4.78, 5) is 0. The second-order valence-electron chi connectivity index (χ2n) is 2.71. The minimum absolute atomic E-state index is 0.307. The lowest BCUT2D eigenvalue weighted by atomic mass is 10.1. The third kappa shape index (κ3) is 2.46. The Labute approximate surface area is 89.7 Å². The van der Waals surface area contributed by atoms with E-state index in [1.54, 1.807) is 0 Å². The topological polar surface area (TPSA) is 20.2 Å². The quantitative estimate of drug-likeness (QED) is 0.621. The van der Waals surface area contributed by atoms with Crippen LogP contribution in [-0.4, -0.2) is 11.3 Å². The molecule has 0 aromatic heterocycles. The van der Waals surface area contributed by atoms with Crippen LogP contribution in [0.2, 0.25) is 0 Å². The van der Waals surface area contributed by atoms with Crippen LogP contribution in [0.15, 0.2) is 16.6 Å². The number of aliphatic hydroxyl groups excluding tert-OH is 1. The Hall–Kier alpha value is -0.690. The molecule has 0 bridgehead atoms. The number of hydrogen-bond acceptors (Lipinski definition) is 1. The van der Waals surface area contributed by atoms with Crippen molar-refractivity contribution in [3.8, 4) is 0 Å². The van der Waals surface area contributed by atoms with Crippen LogP contribution in [0.25, 0.3) is 0 Å². The predicted octanol–water partition coefficient (Wildman–Crippen LogP) is 3.32. The molecule has 0 spiro atoms. The van der Waals surface area contributed by atoms with Gasteiger partial charge in [-0.15, -0.1) is 0 Å². The summed E-state index contributed by atoms with van der Waals surface area (Å²) in [5.74, 6) is -3.18. The molecule has 0 amide bonds. The Kier molecular flexibility index (Phi) is 3.34. The third-order valence-electron chi connectivity index (χ3n) is 1.67. The van der Waals surface area contributed by atoms with Crippen molar-refractivity contribution >= 4 is 15.9 Å². The fourth-order valence-corrected chi connectivity index (χ4v) is 1.23. The number of hydrogen-bond donors (Lipinski definition) is 1. The Morgan fingerprint density at radius 2 is 1.67 bits per heavy atom. The number of halogens is 6. The van der Waals surface area contributed by atoms with Crippen LogP contribution < -0.4 is 0 Å². The van der Waals surface area contributed by atoms with Crippen molar-refractivity contribution in [3.05, 3.63) is 33.8 Å². The Balaban J connectivity index is 3.23. The van der Waals surface area contributed by atoms with Crippen LogP contribution >= 0.6 is 15.9 Å². The lowest BCUT2D eigenvalue weighted by molar-refractivity contribution is -0.207. The highest BCUT2D eigenvalue weighted by Crippen LogP contribution is 2.35. The molecular weight excluding hydrogens is 287 g/mol. The predicted molar refractivity (Wildman–Crippen MR) is 45.1 cm³/mol. The Morgan fingerprint density at radius 3 is 2.13 bits per heavy atom. The molecule has 0 radical (unpaired) electrons. The first-order valence-electron chi connectivity index (χ1n) is 3.63. The van der Waals surface area contributed by atoms with Crippen LogP contribution in [-0.2, 0) is 0 Å². The highest BCUT2D eigenvalue weighted by molar-refractivity contribution is 9.10. The molecule has 1 unspecified atom stereocenters. The van der Waals surface area contributed by atoms with E-state index >= 15 is 0 Å². The standard InChI is InChI=1S/C8H4BrF5O/c9-4-2-1-3(5(10)6(4)11)7(15)8(12,13)14/h1-2,7,15H. The molecule has 1 aromatic carbocycles. The summed E-state index contributed by atoms with van der Waals surface area (Å²) < 4.78 is 61.5. The molecule has 0 heterocycles. The number of benzene rings is 1. The van der Waals surface area contributed by atoms with Crippen LogP contribution in [0, 0.1) is 11.6 Å². The number of aliphatic hydroxyl groups is 1. The van der Waals surface area contributed by atoms with Gasteiger partial charge in [0.15, 0.2) is 17.7 Å². The van der Waals surface area contributed by atoms with E-state index in [0.29, 0.717) is 6.07 Å². The van der Waals surface area contributed by atoms with E-state index < -0.39 is 29.5 Å². The second kappa shape index (κ2) is 4.05. The first kappa shape index (κ1) is 12.4. The van der Waals surface area contributed by atoms with Gasteiger partial charge in [-0.3, -0.25) is 0 Å². The van der Waals surface area contributed by atoms with Gasteiger partial charge in [0.05, 0.1) is 4.47 Å².